The molecular formula is C91H158O27. The first-order valence-electron chi connectivity index (χ1n) is 46.0. The van der Waals surface area contributed by atoms with E-state index in [2.05, 4.69) is 6.92 Å². The van der Waals surface area contributed by atoms with Crippen LogP contribution in [0.3, 0.4) is 0 Å². The predicted octanol–water partition coefficient (Wildman–Crippen LogP) is 18.9. The molecular weight excluding hydrogens is 1520 g/mol. The van der Waals surface area contributed by atoms with Crippen molar-refractivity contribution in [1.82, 2.24) is 0 Å². The van der Waals surface area contributed by atoms with Crippen molar-refractivity contribution < 1.29 is 129 Å². The lowest BCUT2D eigenvalue weighted by Crippen LogP contribution is -2.42. The van der Waals surface area contributed by atoms with Crippen molar-refractivity contribution in [2.45, 2.75) is 458 Å². The van der Waals surface area contributed by atoms with E-state index in [1.54, 1.807) is 0 Å². The summed E-state index contributed by atoms with van der Waals surface area (Å²) in [6.07, 6.45) is 21.2. The van der Waals surface area contributed by atoms with Gasteiger partial charge < -0.3 is 66.3 Å². The topological polar surface area (TPSA) is 351 Å². The molecule has 0 aliphatic heterocycles. The van der Waals surface area contributed by atoms with Gasteiger partial charge in [-0.05, 0) is 199 Å². The summed E-state index contributed by atoms with van der Waals surface area (Å²) in [4.78, 5) is 172. The quantitative estimate of drug-likeness (QED) is 0.0310. The molecule has 8 unspecified atom stereocenters. The Balaban J connectivity index is 5.00. The van der Waals surface area contributed by atoms with Gasteiger partial charge in [0.25, 0.3) is 0 Å². The van der Waals surface area contributed by atoms with Gasteiger partial charge in [-0.3, -0.25) is 24.0 Å². The summed E-state index contributed by atoms with van der Waals surface area (Å²) >= 11 is 0. The molecule has 0 aliphatic carbocycles. The molecule has 0 saturated heterocycles. The Morgan fingerprint density at radius 1 is 0.169 bits per heavy atom. The van der Waals surface area contributed by atoms with Crippen molar-refractivity contribution in [2.75, 3.05) is 46.8 Å². The average molecular weight is 1680 g/mol. The third-order valence-electron chi connectivity index (χ3n) is 19.9. The van der Waals surface area contributed by atoms with Gasteiger partial charge in [-0.1, -0.05) is 178 Å². The molecule has 0 spiro atoms. The van der Waals surface area contributed by atoms with Crippen LogP contribution >= 0.6 is 0 Å². The lowest BCUT2D eigenvalue weighted by Gasteiger charge is -2.26. The minimum absolute atomic E-state index is 0.0122. The zero-order valence-corrected chi connectivity index (χ0v) is 74.6. The fourth-order valence-corrected chi connectivity index (χ4v) is 12.4. The molecule has 0 bridgehead atoms. The van der Waals surface area contributed by atoms with Crippen LogP contribution in [-0.2, 0) is 129 Å². The molecule has 27 nitrogen and oxygen atoms in total. The SMILES string of the molecule is CCCCCCCCCCCCOC(=O)CCCCCOC(=O)CCCCCOC(=O)CCCCCOC(=O)CCCCCOC(=O)CCCCCOC(=O)C(CCCC)OC(=O)C(CCCC)OC(=O)C(CCCC)OC(=O)C(CCCC)OC(=O)C(CCCC)OC(=O)C(CCCC)OC(=O)C(CCCC)OC(=O)C(CCCC)OC. The number of hydrogen-bond donors (Lipinski definition) is 0. The number of carbonyl (C=O) groups excluding carboxylic acids is 13. The Morgan fingerprint density at radius 2 is 0.322 bits per heavy atom. The van der Waals surface area contributed by atoms with Crippen LogP contribution in [0.5, 0.6) is 0 Å². The van der Waals surface area contributed by atoms with Gasteiger partial charge in [-0.25, -0.2) is 38.4 Å². The second kappa shape index (κ2) is 77.4. The molecule has 0 aromatic rings. The fraction of sp³-hybridized carbons (Fsp3) is 0.857. The van der Waals surface area contributed by atoms with Gasteiger partial charge in [-0.15, -0.1) is 0 Å². The largest absolute Gasteiger partial charge is 0.466 e. The summed E-state index contributed by atoms with van der Waals surface area (Å²) in [5, 5.41) is 0. The Hall–Kier alpha value is -6.93. The number of carbonyl (C=O) groups is 13. The van der Waals surface area contributed by atoms with Gasteiger partial charge in [0, 0.05) is 39.2 Å². The maximum Gasteiger partial charge on any atom is 0.348 e. The fourth-order valence-electron chi connectivity index (χ4n) is 12.4. The Kier molecular flexibility index (Phi) is 72.9. The van der Waals surface area contributed by atoms with E-state index in [0.717, 1.165) is 32.1 Å². The zero-order valence-electron chi connectivity index (χ0n) is 74.6. The third-order valence-corrected chi connectivity index (χ3v) is 19.9. The normalized spacial score (nSPS) is 13.2. The van der Waals surface area contributed by atoms with Crippen molar-refractivity contribution in [3.63, 3.8) is 0 Å². The number of ether oxygens (including phenoxy) is 14. The molecule has 0 aromatic heterocycles. The van der Waals surface area contributed by atoms with E-state index in [9.17, 15) is 62.3 Å². The maximum atomic E-state index is 14.2. The first-order chi connectivity index (χ1) is 57.1. The van der Waals surface area contributed by atoms with Crippen LogP contribution in [-0.4, -0.2) is 173 Å². The molecule has 0 fully saturated rings. The van der Waals surface area contributed by atoms with Gasteiger partial charge in [0.2, 0.25) is 0 Å². The van der Waals surface area contributed by atoms with Gasteiger partial charge in [-0.2, -0.15) is 0 Å². The van der Waals surface area contributed by atoms with Gasteiger partial charge in [0.05, 0.1) is 39.6 Å². The predicted molar refractivity (Wildman–Crippen MR) is 446 cm³/mol. The second-order valence-corrected chi connectivity index (χ2v) is 30.8. The Labute approximate surface area is 707 Å². The number of methoxy groups -OCH3 is 1. The molecule has 8 atom stereocenters. The smallest absolute Gasteiger partial charge is 0.348 e. The first-order valence-corrected chi connectivity index (χ1v) is 46.0. The molecule has 0 N–H and O–H groups in total. The highest BCUT2D eigenvalue weighted by atomic mass is 16.7. The van der Waals surface area contributed by atoms with E-state index in [1.165, 1.54) is 58.5 Å². The molecule has 0 aliphatic rings. The Bertz CT molecular complexity index is 2670. The van der Waals surface area contributed by atoms with Crippen LogP contribution in [0.1, 0.15) is 409 Å². The summed E-state index contributed by atoms with van der Waals surface area (Å²) in [6.45, 7) is 18.9. The summed E-state index contributed by atoms with van der Waals surface area (Å²) in [6, 6.07) is 0. The highest BCUT2D eigenvalue weighted by molar-refractivity contribution is 5.88. The zero-order chi connectivity index (χ0) is 87.5. The van der Waals surface area contributed by atoms with Crippen molar-refractivity contribution >= 4 is 77.6 Å². The highest BCUT2D eigenvalue weighted by Crippen LogP contribution is 2.24. The van der Waals surface area contributed by atoms with E-state index in [-0.39, 0.29) is 120 Å². The highest BCUT2D eigenvalue weighted by Gasteiger charge is 2.39. The van der Waals surface area contributed by atoms with Crippen molar-refractivity contribution in [2.24, 2.45) is 0 Å². The monoisotopic (exact) mass is 1680 g/mol. The number of unbranched alkanes of at least 4 members (excludes halogenated alkanes) is 27. The second-order valence-electron chi connectivity index (χ2n) is 30.8. The van der Waals surface area contributed by atoms with Crippen molar-refractivity contribution in [3.8, 4) is 0 Å². The minimum atomic E-state index is -1.57. The van der Waals surface area contributed by atoms with Crippen LogP contribution in [0.15, 0.2) is 0 Å². The summed E-state index contributed by atoms with van der Waals surface area (Å²) in [5.41, 5.74) is 0. The van der Waals surface area contributed by atoms with Gasteiger partial charge in [0.1, 0.15) is 0 Å². The van der Waals surface area contributed by atoms with Crippen LogP contribution in [0.2, 0.25) is 0 Å². The molecule has 0 heterocycles. The summed E-state index contributed by atoms with van der Waals surface area (Å²) in [5.74, 6) is -9.07. The molecule has 27 heteroatoms. The van der Waals surface area contributed by atoms with Gasteiger partial charge in [0.15, 0.2) is 48.8 Å². The van der Waals surface area contributed by atoms with Crippen molar-refractivity contribution in [1.29, 1.82) is 0 Å². The van der Waals surface area contributed by atoms with Crippen molar-refractivity contribution in [3.05, 3.63) is 0 Å². The van der Waals surface area contributed by atoms with E-state index < -0.39 is 96.6 Å². The molecule has 0 rings (SSSR count). The van der Waals surface area contributed by atoms with Gasteiger partial charge >= 0.3 is 77.6 Å². The Morgan fingerprint density at radius 3 is 0.517 bits per heavy atom. The summed E-state index contributed by atoms with van der Waals surface area (Å²) in [7, 11) is 1.38. The molecule has 0 saturated carbocycles. The van der Waals surface area contributed by atoms with E-state index in [4.69, 9.17) is 66.3 Å². The van der Waals surface area contributed by atoms with E-state index in [1.807, 2.05) is 55.4 Å². The first kappa shape index (κ1) is 111. The van der Waals surface area contributed by atoms with Crippen LogP contribution in [0, 0.1) is 0 Å². The lowest BCUT2D eigenvalue weighted by atomic mass is 10.1. The molecule has 0 aromatic carbocycles. The molecule has 684 valence electrons. The molecule has 118 heavy (non-hydrogen) atoms. The number of rotatable bonds is 81. The third kappa shape index (κ3) is 60.5. The van der Waals surface area contributed by atoms with Crippen LogP contribution < -0.4 is 0 Å². The standard InChI is InChI=1S/C91H158O27/c1-11-20-29-30-31-32-33-34-35-46-65-106-79(92)60-41-36-47-66-107-80(93)61-42-37-48-67-108-81(94)62-43-38-49-68-109-82(95)63-44-39-50-69-110-83(96)64-45-40-51-70-111-84(97)72(53-22-13-3)112-86(99)74(55-24-15-5)114-88(101)76(57-26-17-7)116-90(103)78(59-28-19-9)118-91(104)77(58-27-18-8)117-89(102)75(56-25-16-6)115-87(100)73(54-23-14-4)113-85(98)71(105-10)52-21-12-2/h71-78H,11-70H2,1-10H3. The van der Waals surface area contributed by atoms with Crippen LogP contribution in [0.25, 0.3) is 0 Å². The maximum absolute atomic E-state index is 14.2. The van der Waals surface area contributed by atoms with Crippen LogP contribution in [0.4, 0.5) is 0 Å². The molecule has 0 radical (unpaired) electrons. The van der Waals surface area contributed by atoms with E-state index in [0.29, 0.717) is 212 Å². The molecule has 0 amide bonds. The minimum Gasteiger partial charge on any atom is -0.466 e. The van der Waals surface area contributed by atoms with E-state index >= 15 is 0 Å². The summed E-state index contributed by atoms with van der Waals surface area (Å²) < 4.78 is 78.0. The number of esters is 13. The lowest BCUT2D eigenvalue weighted by molar-refractivity contribution is -0.193. The average Bonchev–Trinajstić information content (AvgIpc) is 0.864. The number of hydrogen-bond acceptors (Lipinski definition) is 27.